The van der Waals surface area contributed by atoms with Crippen LogP contribution in [0.2, 0.25) is 0 Å². The highest BCUT2D eigenvalue weighted by Crippen LogP contribution is 2.29. The minimum Gasteiger partial charge on any atom is -0.494 e. The molecule has 0 aromatic heterocycles. The zero-order chi connectivity index (χ0) is 18.9. The molecule has 2 aromatic rings. The van der Waals surface area contributed by atoms with Gasteiger partial charge in [0.15, 0.2) is 0 Å². The third-order valence-corrected chi connectivity index (χ3v) is 4.59. The molecule has 3 rings (SSSR count). The average Bonchev–Trinajstić information content (AvgIpc) is 3.46. The van der Waals surface area contributed by atoms with Gasteiger partial charge in [-0.15, -0.1) is 0 Å². The van der Waals surface area contributed by atoms with E-state index in [-0.39, 0.29) is 5.91 Å². The summed E-state index contributed by atoms with van der Waals surface area (Å²) in [4.78, 5) is 12.1. The van der Waals surface area contributed by atoms with Gasteiger partial charge in [0.25, 0.3) is 0 Å². The highest BCUT2D eigenvalue weighted by Gasteiger charge is 2.21. The highest BCUT2D eigenvalue weighted by molar-refractivity contribution is 5.90. The Morgan fingerprint density at radius 2 is 1.96 bits per heavy atom. The fourth-order valence-corrected chi connectivity index (χ4v) is 2.87. The molecule has 4 nitrogen and oxygen atoms in total. The largest absolute Gasteiger partial charge is 0.494 e. The van der Waals surface area contributed by atoms with E-state index in [1.807, 2.05) is 55.5 Å². The minimum absolute atomic E-state index is 0.0432. The summed E-state index contributed by atoms with van der Waals surface area (Å²) in [5, 5.41) is 2.97. The number of unbranched alkanes of at least 4 members (excludes halogenated alkanes) is 1. The number of rotatable bonds is 11. The lowest BCUT2D eigenvalue weighted by atomic mass is 10.2. The predicted molar refractivity (Wildman–Crippen MR) is 108 cm³/mol. The Kier molecular flexibility index (Phi) is 7.28. The molecule has 144 valence electrons. The second-order valence-corrected chi connectivity index (χ2v) is 7.33. The van der Waals surface area contributed by atoms with Crippen molar-refractivity contribution in [3.05, 3.63) is 59.7 Å². The molecule has 0 unspecified atom stereocenters. The van der Waals surface area contributed by atoms with Crippen LogP contribution in [0, 0.1) is 12.8 Å². The fraction of sp³-hybridized carbons (Fsp3) is 0.435. The topological polar surface area (TPSA) is 47.6 Å². The summed E-state index contributed by atoms with van der Waals surface area (Å²) in [5.41, 5.74) is 3.12. The van der Waals surface area contributed by atoms with Gasteiger partial charge in [0.1, 0.15) is 5.75 Å². The summed E-state index contributed by atoms with van der Waals surface area (Å²) in [6.07, 6.45) is 4.76. The molecule has 4 heteroatoms. The lowest BCUT2D eigenvalue weighted by Gasteiger charge is -2.09. The van der Waals surface area contributed by atoms with E-state index < -0.39 is 0 Å². The predicted octanol–water partition coefficient (Wildman–Crippen LogP) is 5.11. The van der Waals surface area contributed by atoms with Crippen LogP contribution in [-0.4, -0.2) is 19.1 Å². The number of benzene rings is 2. The molecule has 0 spiro atoms. The Morgan fingerprint density at radius 3 is 2.78 bits per heavy atom. The molecular weight excluding hydrogens is 338 g/mol. The summed E-state index contributed by atoms with van der Waals surface area (Å²) in [6.45, 7) is 4.13. The second-order valence-electron chi connectivity index (χ2n) is 7.33. The third kappa shape index (κ3) is 7.43. The minimum atomic E-state index is 0.0432. The van der Waals surface area contributed by atoms with Crippen LogP contribution in [0.3, 0.4) is 0 Å². The summed E-state index contributed by atoms with van der Waals surface area (Å²) >= 11 is 0. The summed E-state index contributed by atoms with van der Waals surface area (Å²) in [7, 11) is 0. The number of aryl methyl sites for hydroxylation is 1. The van der Waals surface area contributed by atoms with E-state index in [9.17, 15) is 4.79 Å². The van der Waals surface area contributed by atoms with E-state index in [4.69, 9.17) is 9.47 Å². The quantitative estimate of drug-likeness (QED) is 0.562. The van der Waals surface area contributed by atoms with Crippen LogP contribution in [-0.2, 0) is 16.1 Å². The normalized spacial score (nSPS) is 13.4. The molecule has 0 radical (unpaired) electrons. The maximum Gasteiger partial charge on any atom is 0.224 e. The van der Waals surface area contributed by atoms with Crippen LogP contribution in [0.5, 0.6) is 5.75 Å². The summed E-state index contributed by atoms with van der Waals surface area (Å²) in [5.74, 6) is 1.70. The number of amides is 1. The van der Waals surface area contributed by atoms with Crippen molar-refractivity contribution in [3.63, 3.8) is 0 Å². The van der Waals surface area contributed by atoms with E-state index in [2.05, 4.69) is 5.32 Å². The first-order chi connectivity index (χ1) is 13.2. The van der Waals surface area contributed by atoms with Crippen molar-refractivity contribution in [1.29, 1.82) is 0 Å². The Balaban J connectivity index is 1.31. The number of carbonyl (C=O) groups is 1. The zero-order valence-electron chi connectivity index (χ0n) is 16.1. The van der Waals surface area contributed by atoms with Crippen molar-refractivity contribution in [2.24, 2.45) is 5.92 Å². The first-order valence-electron chi connectivity index (χ1n) is 9.85. The van der Waals surface area contributed by atoms with E-state index in [0.717, 1.165) is 42.4 Å². The van der Waals surface area contributed by atoms with Gasteiger partial charge in [-0.05, 0) is 73.9 Å². The molecule has 0 aliphatic heterocycles. The lowest BCUT2D eigenvalue weighted by molar-refractivity contribution is -0.116. The Bertz CT molecular complexity index is 740. The second kappa shape index (κ2) is 10.1. The third-order valence-electron chi connectivity index (χ3n) is 4.59. The standard InChI is InChI=1S/C23H29NO3/c1-18-6-4-9-22(14-18)27-13-3-2-10-23(25)24-21-8-5-7-20(15-21)17-26-16-19-11-12-19/h4-9,14-15,19H,2-3,10-13,16-17H2,1H3,(H,24,25). The van der Waals surface area contributed by atoms with Crippen LogP contribution < -0.4 is 10.1 Å². The number of hydrogen-bond donors (Lipinski definition) is 1. The number of nitrogens with one attached hydrogen (secondary N) is 1. The molecular formula is C23H29NO3. The average molecular weight is 367 g/mol. The maximum absolute atomic E-state index is 12.1. The highest BCUT2D eigenvalue weighted by atomic mass is 16.5. The van der Waals surface area contributed by atoms with Gasteiger partial charge in [-0.1, -0.05) is 24.3 Å². The van der Waals surface area contributed by atoms with Crippen molar-refractivity contribution in [1.82, 2.24) is 0 Å². The summed E-state index contributed by atoms with van der Waals surface area (Å²) in [6, 6.07) is 15.9. The van der Waals surface area contributed by atoms with Crippen LogP contribution in [0.4, 0.5) is 5.69 Å². The molecule has 0 atom stereocenters. The molecule has 1 fully saturated rings. The van der Waals surface area contributed by atoms with Gasteiger partial charge in [-0.3, -0.25) is 4.79 Å². The molecule has 1 N–H and O–H groups in total. The van der Waals surface area contributed by atoms with E-state index in [1.165, 1.54) is 18.4 Å². The number of anilines is 1. The number of hydrogen-bond acceptors (Lipinski definition) is 3. The molecule has 1 aliphatic rings. The molecule has 0 bridgehead atoms. The Hall–Kier alpha value is -2.33. The van der Waals surface area contributed by atoms with Gasteiger partial charge >= 0.3 is 0 Å². The molecule has 0 heterocycles. The van der Waals surface area contributed by atoms with E-state index in [1.54, 1.807) is 0 Å². The van der Waals surface area contributed by atoms with Gasteiger partial charge in [-0.25, -0.2) is 0 Å². The molecule has 2 aromatic carbocycles. The van der Waals surface area contributed by atoms with Gasteiger partial charge in [-0.2, -0.15) is 0 Å². The number of ether oxygens (including phenoxy) is 2. The molecule has 0 saturated heterocycles. The smallest absolute Gasteiger partial charge is 0.224 e. The zero-order valence-corrected chi connectivity index (χ0v) is 16.1. The van der Waals surface area contributed by atoms with Gasteiger partial charge in [0.2, 0.25) is 5.91 Å². The fourth-order valence-electron chi connectivity index (χ4n) is 2.87. The molecule has 1 saturated carbocycles. The Labute approximate surface area is 161 Å². The van der Waals surface area contributed by atoms with Gasteiger partial charge in [0, 0.05) is 18.7 Å². The van der Waals surface area contributed by atoms with Crippen molar-refractivity contribution < 1.29 is 14.3 Å². The number of carbonyl (C=O) groups excluding carboxylic acids is 1. The first kappa shape index (κ1) is 19.4. The van der Waals surface area contributed by atoms with Crippen LogP contribution in [0.25, 0.3) is 0 Å². The van der Waals surface area contributed by atoms with Crippen molar-refractivity contribution in [2.75, 3.05) is 18.5 Å². The molecule has 1 amide bonds. The van der Waals surface area contributed by atoms with Crippen LogP contribution in [0.1, 0.15) is 43.2 Å². The van der Waals surface area contributed by atoms with Crippen molar-refractivity contribution >= 4 is 11.6 Å². The van der Waals surface area contributed by atoms with Crippen LogP contribution >= 0.6 is 0 Å². The lowest BCUT2D eigenvalue weighted by Crippen LogP contribution is -2.12. The first-order valence-corrected chi connectivity index (χ1v) is 9.85. The summed E-state index contributed by atoms with van der Waals surface area (Å²) < 4.78 is 11.4. The maximum atomic E-state index is 12.1. The van der Waals surface area contributed by atoms with Crippen molar-refractivity contribution in [3.8, 4) is 5.75 Å². The molecule has 1 aliphatic carbocycles. The SMILES string of the molecule is Cc1cccc(OCCCCC(=O)Nc2cccc(COCC3CC3)c2)c1. The van der Waals surface area contributed by atoms with Gasteiger partial charge in [0.05, 0.1) is 13.2 Å². The van der Waals surface area contributed by atoms with Gasteiger partial charge < -0.3 is 14.8 Å². The molecule has 27 heavy (non-hydrogen) atoms. The van der Waals surface area contributed by atoms with E-state index in [0.29, 0.717) is 19.6 Å². The monoisotopic (exact) mass is 367 g/mol. The van der Waals surface area contributed by atoms with Crippen LogP contribution in [0.15, 0.2) is 48.5 Å². The van der Waals surface area contributed by atoms with E-state index >= 15 is 0 Å². The van der Waals surface area contributed by atoms with Crippen molar-refractivity contribution in [2.45, 2.75) is 45.6 Å². The Morgan fingerprint density at radius 1 is 1.11 bits per heavy atom.